The highest BCUT2D eigenvalue weighted by molar-refractivity contribution is 6.09. The molecule has 0 N–H and O–H groups in total. The molecule has 2 aromatic carbocycles. The summed E-state index contributed by atoms with van der Waals surface area (Å²) in [5.41, 5.74) is -6.84. The van der Waals surface area contributed by atoms with Crippen LogP contribution in [0.25, 0.3) is 0 Å². The number of hydrogen-bond acceptors (Lipinski definition) is 1. The van der Waals surface area contributed by atoms with Crippen molar-refractivity contribution in [3.63, 3.8) is 0 Å². The van der Waals surface area contributed by atoms with Gasteiger partial charge in [0.25, 0.3) is 0 Å². The molecule has 0 aromatic heterocycles. The van der Waals surface area contributed by atoms with Crippen molar-refractivity contribution < 1.29 is 39.9 Å². The first-order valence-corrected chi connectivity index (χ1v) is 7.04. The maximum Gasteiger partial charge on any atom is 0.419 e. The van der Waals surface area contributed by atoms with Gasteiger partial charge in [0.05, 0.1) is 22.3 Å². The second-order valence-electron chi connectivity index (χ2n) is 5.56. The summed E-state index contributed by atoms with van der Waals surface area (Å²) < 4.78 is 106. The summed E-state index contributed by atoms with van der Waals surface area (Å²) in [6, 6.07) is 2.93. The molecule has 0 saturated heterocycles. The Morgan fingerprint density at radius 1 is 0.692 bits per heavy atom. The van der Waals surface area contributed by atoms with Gasteiger partial charge < -0.3 is 0 Å². The first kappa shape index (κ1) is 19.9. The highest BCUT2D eigenvalue weighted by Crippen LogP contribution is 2.38. The maximum atomic E-state index is 14.2. The van der Waals surface area contributed by atoms with Gasteiger partial charge >= 0.3 is 12.4 Å². The average Bonchev–Trinajstić information content (AvgIpc) is 2.43. The van der Waals surface area contributed by atoms with Crippen molar-refractivity contribution in [3.8, 4) is 0 Å². The molecule has 0 aliphatic heterocycles. The quantitative estimate of drug-likeness (QED) is 0.470. The van der Waals surface area contributed by atoms with Gasteiger partial charge in [0, 0.05) is 0 Å². The molecule has 0 aliphatic carbocycles. The fourth-order valence-electron chi connectivity index (χ4n) is 2.54. The molecule has 0 atom stereocenters. The van der Waals surface area contributed by atoms with E-state index in [1.54, 1.807) is 0 Å². The van der Waals surface area contributed by atoms with Gasteiger partial charge in [-0.2, -0.15) is 26.3 Å². The number of alkyl halides is 6. The SMILES string of the molecule is Cc1ccc(C(=O)c2ccc(C)c(C(F)(F)F)c2F)c(F)c1C(F)(F)F. The highest BCUT2D eigenvalue weighted by atomic mass is 19.4. The first-order valence-electron chi connectivity index (χ1n) is 7.04. The van der Waals surface area contributed by atoms with Crippen LogP contribution in [0.4, 0.5) is 35.1 Å². The van der Waals surface area contributed by atoms with Crippen LogP contribution in [0.3, 0.4) is 0 Å². The Labute approximate surface area is 142 Å². The van der Waals surface area contributed by atoms with E-state index >= 15 is 0 Å². The van der Waals surface area contributed by atoms with Gasteiger partial charge in [-0.05, 0) is 37.1 Å². The third-order valence-electron chi connectivity index (χ3n) is 3.76. The molecule has 2 rings (SSSR count). The van der Waals surface area contributed by atoms with Gasteiger partial charge in [-0.1, -0.05) is 12.1 Å². The van der Waals surface area contributed by atoms with Gasteiger partial charge in [0.2, 0.25) is 0 Å². The molecule has 0 unspecified atom stereocenters. The van der Waals surface area contributed by atoms with E-state index < -0.39 is 63.2 Å². The van der Waals surface area contributed by atoms with E-state index in [0.29, 0.717) is 12.1 Å². The average molecular weight is 382 g/mol. The van der Waals surface area contributed by atoms with E-state index in [0.717, 1.165) is 26.0 Å². The van der Waals surface area contributed by atoms with Crippen LogP contribution in [0.15, 0.2) is 24.3 Å². The number of rotatable bonds is 2. The topological polar surface area (TPSA) is 17.1 Å². The van der Waals surface area contributed by atoms with Crippen molar-refractivity contribution in [1.29, 1.82) is 0 Å². The van der Waals surface area contributed by atoms with E-state index in [4.69, 9.17) is 0 Å². The molecule has 0 fully saturated rings. The normalized spacial score (nSPS) is 12.4. The van der Waals surface area contributed by atoms with Crippen LogP contribution < -0.4 is 0 Å². The molecular formula is C17H10F8O. The minimum Gasteiger partial charge on any atom is -0.288 e. The number of carbonyl (C=O) groups is 1. The maximum absolute atomic E-state index is 14.2. The molecule has 0 bridgehead atoms. The van der Waals surface area contributed by atoms with Crippen molar-refractivity contribution >= 4 is 5.78 Å². The molecule has 2 aromatic rings. The zero-order valence-corrected chi connectivity index (χ0v) is 13.2. The number of carbonyl (C=O) groups excluding carboxylic acids is 1. The third-order valence-corrected chi connectivity index (χ3v) is 3.76. The van der Waals surface area contributed by atoms with E-state index in [2.05, 4.69) is 0 Å². The fourth-order valence-corrected chi connectivity index (χ4v) is 2.54. The molecular weight excluding hydrogens is 372 g/mol. The molecule has 0 heterocycles. The van der Waals surface area contributed by atoms with Crippen LogP contribution in [-0.4, -0.2) is 5.78 Å². The summed E-state index contributed by atoms with van der Waals surface area (Å²) in [6.45, 7) is 1.91. The van der Waals surface area contributed by atoms with Crippen molar-refractivity contribution in [2.24, 2.45) is 0 Å². The molecule has 0 amide bonds. The Morgan fingerprint density at radius 3 is 1.27 bits per heavy atom. The van der Waals surface area contributed by atoms with Crippen molar-refractivity contribution in [1.82, 2.24) is 0 Å². The predicted octanol–water partition coefficient (Wildman–Crippen LogP) is 5.85. The lowest BCUT2D eigenvalue weighted by molar-refractivity contribution is -0.141. The van der Waals surface area contributed by atoms with Crippen LogP contribution in [-0.2, 0) is 12.4 Å². The second kappa shape index (κ2) is 6.37. The minimum atomic E-state index is -5.13. The Hall–Kier alpha value is -2.45. The fraction of sp³-hybridized carbons (Fsp3) is 0.235. The number of hydrogen-bond donors (Lipinski definition) is 0. The second-order valence-corrected chi connectivity index (χ2v) is 5.56. The van der Waals surface area contributed by atoms with Crippen molar-refractivity contribution in [2.45, 2.75) is 26.2 Å². The molecule has 0 aliphatic rings. The van der Waals surface area contributed by atoms with Crippen molar-refractivity contribution in [2.75, 3.05) is 0 Å². The van der Waals surface area contributed by atoms with Gasteiger partial charge in [0.1, 0.15) is 11.6 Å². The van der Waals surface area contributed by atoms with Gasteiger partial charge in [-0.3, -0.25) is 4.79 Å². The Bertz CT molecular complexity index is 806. The first-order chi connectivity index (χ1) is 11.8. The summed E-state index contributed by atoms with van der Waals surface area (Å²) in [5, 5.41) is 0. The molecule has 1 nitrogen and oxygen atoms in total. The summed E-state index contributed by atoms with van der Waals surface area (Å²) in [6.07, 6.45) is -10.3. The third kappa shape index (κ3) is 3.42. The largest absolute Gasteiger partial charge is 0.419 e. The highest BCUT2D eigenvalue weighted by Gasteiger charge is 2.40. The monoisotopic (exact) mass is 382 g/mol. The number of benzene rings is 2. The summed E-state index contributed by atoms with van der Waals surface area (Å²) in [5.74, 6) is -5.54. The molecule has 9 heteroatoms. The van der Waals surface area contributed by atoms with Gasteiger partial charge in [-0.15, -0.1) is 0 Å². The zero-order valence-electron chi connectivity index (χ0n) is 13.2. The lowest BCUT2D eigenvalue weighted by atomic mass is 9.94. The van der Waals surface area contributed by atoms with E-state index in [9.17, 15) is 39.9 Å². The number of halogens is 8. The van der Waals surface area contributed by atoms with E-state index in [1.807, 2.05) is 0 Å². The van der Waals surface area contributed by atoms with Crippen molar-refractivity contribution in [3.05, 3.63) is 69.3 Å². The predicted molar refractivity (Wildman–Crippen MR) is 75.7 cm³/mol. The minimum absolute atomic E-state index is 0.521. The Kier molecular flexibility index (Phi) is 4.87. The zero-order chi connectivity index (χ0) is 20.0. The molecule has 0 spiro atoms. The van der Waals surface area contributed by atoms with Crippen LogP contribution in [0.1, 0.15) is 38.2 Å². The molecule has 26 heavy (non-hydrogen) atoms. The lowest BCUT2D eigenvalue weighted by Crippen LogP contribution is -2.18. The molecule has 0 radical (unpaired) electrons. The Morgan fingerprint density at radius 2 is 1.00 bits per heavy atom. The van der Waals surface area contributed by atoms with Crippen LogP contribution >= 0.6 is 0 Å². The smallest absolute Gasteiger partial charge is 0.288 e. The standard InChI is InChI=1S/C17H10F8O/c1-7-3-5-9(13(18)11(7)16(20,21)22)15(26)10-6-4-8(2)12(14(10)19)17(23,24)25/h3-6H,1-2H3. The Balaban J connectivity index is 2.69. The van der Waals surface area contributed by atoms with E-state index in [1.165, 1.54) is 0 Å². The van der Waals surface area contributed by atoms with E-state index in [-0.39, 0.29) is 0 Å². The van der Waals surface area contributed by atoms with Crippen LogP contribution in [0.2, 0.25) is 0 Å². The number of aryl methyl sites for hydroxylation is 2. The molecule has 140 valence electrons. The lowest BCUT2D eigenvalue weighted by Gasteiger charge is -2.16. The summed E-state index contributed by atoms with van der Waals surface area (Å²) >= 11 is 0. The van der Waals surface area contributed by atoms with Gasteiger partial charge in [-0.25, -0.2) is 8.78 Å². The van der Waals surface area contributed by atoms with Crippen LogP contribution in [0.5, 0.6) is 0 Å². The summed E-state index contributed by atoms with van der Waals surface area (Å²) in [4.78, 5) is 12.3. The molecule has 0 saturated carbocycles. The number of ketones is 1. The summed E-state index contributed by atoms with van der Waals surface area (Å²) in [7, 11) is 0. The van der Waals surface area contributed by atoms with Gasteiger partial charge in [0.15, 0.2) is 5.78 Å². The van der Waals surface area contributed by atoms with Crippen LogP contribution in [0, 0.1) is 25.5 Å².